The predicted octanol–water partition coefficient (Wildman–Crippen LogP) is 3.61. The van der Waals surface area contributed by atoms with E-state index >= 15 is 0 Å². The predicted molar refractivity (Wildman–Crippen MR) is 140 cm³/mol. The van der Waals surface area contributed by atoms with Crippen molar-refractivity contribution in [3.63, 3.8) is 0 Å². The number of alkyl halides is 3. The van der Waals surface area contributed by atoms with Crippen LogP contribution in [0.4, 0.5) is 19.1 Å². The van der Waals surface area contributed by atoms with Gasteiger partial charge in [-0.15, -0.1) is 0 Å². The molecule has 0 spiro atoms. The van der Waals surface area contributed by atoms with Gasteiger partial charge in [-0.2, -0.15) is 13.2 Å². The summed E-state index contributed by atoms with van der Waals surface area (Å²) in [4.78, 5) is 26.5. The lowest BCUT2D eigenvalue weighted by Gasteiger charge is -2.39. The van der Waals surface area contributed by atoms with Gasteiger partial charge in [-0.05, 0) is 62.9 Å². The molecular weight excluding hydrogens is 495 g/mol. The monoisotopic (exact) mass is 529 g/mol. The first-order valence-electron chi connectivity index (χ1n) is 13.2. The molecule has 11 heteroatoms. The molecule has 8 nitrogen and oxygen atoms in total. The first-order valence-corrected chi connectivity index (χ1v) is 13.2. The van der Waals surface area contributed by atoms with Crippen LogP contribution in [0.15, 0.2) is 42.9 Å². The molecular formula is C27H34F3N7O. The molecule has 1 atom stereocenters. The van der Waals surface area contributed by atoms with Crippen LogP contribution in [0.2, 0.25) is 0 Å². The SMILES string of the molecule is CN(CC1CCCN1CCn1ccc2ccc(C(N)=O)cc21)C1CCN(c2ncc(C(F)(F)F)cn2)CC1. The number of piperidine rings is 1. The summed E-state index contributed by atoms with van der Waals surface area (Å²) in [7, 11) is 2.18. The Balaban J connectivity index is 1.13. The maximum atomic E-state index is 12.8. The van der Waals surface area contributed by atoms with Gasteiger partial charge in [-0.3, -0.25) is 9.69 Å². The number of halogens is 3. The van der Waals surface area contributed by atoms with E-state index in [9.17, 15) is 18.0 Å². The Morgan fingerprint density at radius 2 is 1.82 bits per heavy atom. The molecule has 2 aromatic heterocycles. The van der Waals surface area contributed by atoms with Gasteiger partial charge in [0.05, 0.1) is 5.56 Å². The molecule has 0 radical (unpaired) electrons. The molecule has 1 unspecified atom stereocenters. The highest BCUT2D eigenvalue weighted by Crippen LogP contribution is 2.29. The zero-order chi connectivity index (χ0) is 26.9. The fraction of sp³-hybridized carbons (Fsp3) is 0.519. The van der Waals surface area contributed by atoms with Crippen molar-refractivity contribution in [2.45, 2.75) is 50.5 Å². The van der Waals surface area contributed by atoms with Gasteiger partial charge < -0.3 is 20.1 Å². The minimum absolute atomic E-state index is 0.363. The summed E-state index contributed by atoms with van der Waals surface area (Å²) in [5.74, 6) is -0.0541. The zero-order valence-electron chi connectivity index (χ0n) is 21.6. The van der Waals surface area contributed by atoms with E-state index < -0.39 is 17.6 Å². The van der Waals surface area contributed by atoms with Gasteiger partial charge >= 0.3 is 6.18 Å². The molecule has 38 heavy (non-hydrogen) atoms. The van der Waals surface area contributed by atoms with Crippen molar-refractivity contribution in [2.24, 2.45) is 5.73 Å². The minimum Gasteiger partial charge on any atom is -0.366 e. The lowest BCUT2D eigenvalue weighted by atomic mass is 10.0. The van der Waals surface area contributed by atoms with Crippen LogP contribution < -0.4 is 10.6 Å². The maximum Gasteiger partial charge on any atom is 0.419 e. The molecule has 1 aromatic carbocycles. The second-order valence-electron chi connectivity index (χ2n) is 10.4. The summed E-state index contributed by atoms with van der Waals surface area (Å²) < 4.78 is 40.6. The number of likely N-dealkylation sites (tertiary alicyclic amines) is 1. The van der Waals surface area contributed by atoms with E-state index in [2.05, 4.69) is 43.6 Å². The average molecular weight is 530 g/mol. The number of carbonyl (C=O) groups excluding carboxylic acids is 1. The molecule has 2 N–H and O–H groups in total. The number of benzene rings is 1. The van der Waals surface area contributed by atoms with Crippen LogP contribution in [0.3, 0.4) is 0 Å². The quantitative estimate of drug-likeness (QED) is 0.480. The number of aromatic nitrogens is 3. The van der Waals surface area contributed by atoms with Gasteiger partial charge in [0.1, 0.15) is 0 Å². The van der Waals surface area contributed by atoms with Crippen molar-refractivity contribution in [3.05, 3.63) is 54.0 Å². The van der Waals surface area contributed by atoms with Gasteiger partial charge in [-0.25, -0.2) is 9.97 Å². The number of hydrogen-bond acceptors (Lipinski definition) is 6. The van der Waals surface area contributed by atoms with Crippen LogP contribution in [-0.4, -0.2) is 82.1 Å². The average Bonchev–Trinajstić information content (AvgIpc) is 3.53. The van der Waals surface area contributed by atoms with E-state index in [1.807, 2.05) is 17.0 Å². The Labute approximate surface area is 220 Å². The van der Waals surface area contributed by atoms with Gasteiger partial charge in [0.25, 0.3) is 0 Å². The van der Waals surface area contributed by atoms with E-state index in [-0.39, 0.29) is 0 Å². The van der Waals surface area contributed by atoms with Crippen molar-refractivity contribution in [1.29, 1.82) is 0 Å². The van der Waals surface area contributed by atoms with Crippen LogP contribution in [0.5, 0.6) is 0 Å². The molecule has 2 fully saturated rings. The van der Waals surface area contributed by atoms with Crippen LogP contribution in [0.25, 0.3) is 10.9 Å². The third-order valence-electron chi connectivity index (χ3n) is 8.02. The van der Waals surface area contributed by atoms with Crippen molar-refractivity contribution < 1.29 is 18.0 Å². The smallest absolute Gasteiger partial charge is 0.366 e. The number of hydrogen-bond donors (Lipinski definition) is 1. The highest BCUT2D eigenvalue weighted by molar-refractivity contribution is 5.97. The number of likely N-dealkylation sites (N-methyl/N-ethyl adjacent to an activating group) is 1. The van der Waals surface area contributed by atoms with Crippen molar-refractivity contribution >= 4 is 22.8 Å². The van der Waals surface area contributed by atoms with Gasteiger partial charge in [0, 0.05) is 74.5 Å². The van der Waals surface area contributed by atoms with Crippen molar-refractivity contribution in [3.8, 4) is 0 Å². The number of nitrogens with zero attached hydrogens (tertiary/aromatic N) is 6. The molecule has 2 aliphatic heterocycles. The Morgan fingerprint density at radius 1 is 1.08 bits per heavy atom. The molecule has 0 saturated carbocycles. The van der Waals surface area contributed by atoms with Gasteiger partial charge in [0.15, 0.2) is 0 Å². The topological polar surface area (TPSA) is 83.5 Å². The number of nitrogens with two attached hydrogens (primary N) is 1. The summed E-state index contributed by atoms with van der Waals surface area (Å²) in [5, 5.41) is 1.10. The van der Waals surface area contributed by atoms with E-state index in [1.165, 1.54) is 12.8 Å². The number of amides is 1. The molecule has 0 aliphatic carbocycles. The molecule has 2 aliphatic rings. The van der Waals surface area contributed by atoms with E-state index in [0.717, 1.165) is 75.4 Å². The number of anilines is 1. The Hall–Kier alpha value is -3.18. The fourth-order valence-corrected chi connectivity index (χ4v) is 5.78. The van der Waals surface area contributed by atoms with Crippen molar-refractivity contribution in [1.82, 2.24) is 24.3 Å². The molecule has 5 rings (SSSR count). The third kappa shape index (κ3) is 5.78. The second kappa shape index (κ2) is 10.9. The number of rotatable bonds is 8. The highest BCUT2D eigenvalue weighted by Gasteiger charge is 2.33. The molecule has 4 heterocycles. The first kappa shape index (κ1) is 26.4. The van der Waals surface area contributed by atoms with Crippen molar-refractivity contribution in [2.75, 3.05) is 44.7 Å². The highest BCUT2D eigenvalue weighted by atomic mass is 19.4. The third-order valence-corrected chi connectivity index (χ3v) is 8.02. The van der Waals surface area contributed by atoms with Gasteiger partial charge in [-0.1, -0.05) is 6.07 Å². The zero-order valence-corrected chi connectivity index (χ0v) is 21.6. The maximum absolute atomic E-state index is 12.8. The van der Waals surface area contributed by atoms with E-state index in [0.29, 0.717) is 23.6 Å². The standard InChI is InChI=1S/C27H34F3N7O/c1-34(22-7-11-37(12-8-22)26-32-16-21(17-33-26)27(28,29)30)18-23-3-2-9-35(23)13-14-36-10-6-19-4-5-20(25(31)38)15-24(19)36/h4-6,10,15-17,22-23H,2-3,7-9,11-14,18H2,1H3,(H2,31,38). The van der Waals surface area contributed by atoms with E-state index in [1.54, 1.807) is 6.07 Å². The fourth-order valence-electron chi connectivity index (χ4n) is 5.78. The Bertz CT molecular complexity index is 1250. The lowest BCUT2D eigenvalue weighted by molar-refractivity contribution is -0.138. The number of primary amides is 1. The van der Waals surface area contributed by atoms with Gasteiger partial charge in [0.2, 0.25) is 11.9 Å². The minimum atomic E-state index is -4.42. The van der Waals surface area contributed by atoms with E-state index in [4.69, 9.17) is 5.73 Å². The molecule has 0 bridgehead atoms. The summed E-state index contributed by atoms with van der Waals surface area (Å²) in [6, 6.07) is 8.55. The Morgan fingerprint density at radius 3 is 2.50 bits per heavy atom. The Kier molecular flexibility index (Phi) is 7.58. The first-order chi connectivity index (χ1) is 18.2. The molecule has 204 valence electrons. The normalized spacial score (nSPS) is 19.6. The molecule has 1 amide bonds. The summed E-state index contributed by atoms with van der Waals surface area (Å²) in [5.41, 5.74) is 6.20. The summed E-state index contributed by atoms with van der Waals surface area (Å²) in [6.45, 7) is 5.30. The lowest BCUT2D eigenvalue weighted by Crippen LogP contribution is -2.48. The van der Waals surface area contributed by atoms with Crippen LogP contribution in [0, 0.1) is 0 Å². The van der Waals surface area contributed by atoms with Crippen LogP contribution in [-0.2, 0) is 12.7 Å². The summed E-state index contributed by atoms with van der Waals surface area (Å²) in [6.07, 6.45) is 3.57. The summed E-state index contributed by atoms with van der Waals surface area (Å²) >= 11 is 0. The second-order valence-corrected chi connectivity index (χ2v) is 10.4. The molecule has 3 aromatic rings. The largest absolute Gasteiger partial charge is 0.419 e. The number of fused-ring (bicyclic) bond motifs is 1. The number of carbonyl (C=O) groups is 1. The molecule has 2 saturated heterocycles. The van der Waals surface area contributed by atoms with Crippen LogP contribution >= 0.6 is 0 Å². The van der Waals surface area contributed by atoms with Crippen LogP contribution in [0.1, 0.15) is 41.6 Å².